The molecule has 2 aromatic rings. The molecule has 1 aliphatic rings. The normalized spacial score (nSPS) is 21.2. The SMILES string of the molecule is CCCCN1CC[C@H](c2ccccc2)[C@@H](COS(=O)(=O)c2ccccc2)C1. The number of hydrogen-bond donors (Lipinski definition) is 0. The van der Waals surface area contributed by atoms with E-state index in [1.165, 1.54) is 18.4 Å². The van der Waals surface area contributed by atoms with Crippen LogP contribution in [0.3, 0.4) is 0 Å². The second kappa shape index (κ2) is 9.49. The van der Waals surface area contributed by atoms with Gasteiger partial charge in [-0.05, 0) is 49.5 Å². The highest BCUT2D eigenvalue weighted by Crippen LogP contribution is 2.34. The van der Waals surface area contributed by atoms with Crippen LogP contribution >= 0.6 is 0 Å². The molecule has 1 saturated heterocycles. The molecule has 0 saturated carbocycles. The Labute approximate surface area is 163 Å². The van der Waals surface area contributed by atoms with Crippen molar-refractivity contribution in [2.45, 2.75) is 37.0 Å². The fraction of sp³-hybridized carbons (Fsp3) is 0.455. The Morgan fingerprint density at radius 3 is 2.37 bits per heavy atom. The first-order valence-electron chi connectivity index (χ1n) is 9.82. The van der Waals surface area contributed by atoms with E-state index in [0.717, 1.165) is 26.1 Å². The highest BCUT2D eigenvalue weighted by molar-refractivity contribution is 7.86. The molecule has 1 fully saturated rings. The molecular formula is C22H29NO3S. The summed E-state index contributed by atoms with van der Waals surface area (Å²) in [6.45, 7) is 5.43. The van der Waals surface area contributed by atoms with Crippen molar-refractivity contribution < 1.29 is 12.6 Å². The summed E-state index contributed by atoms with van der Waals surface area (Å²) in [6, 6.07) is 18.8. The van der Waals surface area contributed by atoms with Gasteiger partial charge in [0.15, 0.2) is 0 Å². The average molecular weight is 388 g/mol. The van der Waals surface area contributed by atoms with Crippen LogP contribution in [0.25, 0.3) is 0 Å². The Morgan fingerprint density at radius 2 is 1.70 bits per heavy atom. The third-order valence-corrected chi connectivity index (χ3v) is 6.64. The van der Waals surface area contributed by atoms with E-state index in [4.69, 9.17) is 4.18 Å². The fourth-order valence-corrected chi connectivity index (χ4v) is 4.81. The van der Waals surface area contributed by atoms with Crippen LogP contribution in [0, 0.1) is 5.92 Å². The predicted octanol–water partition coefficient (Wildman–Crippen LogP) is 4.30. The van der Waals surface area contributed by atoms with Gasteiger partial charge in [-0.3, -0.25) is 4.18 Å². The lowest BCUT2D eigenvalue weighted by molar-refractivity contribution is 0.112. The number of hydrogen-bond acceptors (Lipinski definition) is 4. The van der Waals surface area contributed by atoms with E-state index in [1.54, 1.807) is 30.3 Å². The molecule has 146 valence electrons. The van der Waals surface area contributed by atoms with Gasteiger partial charge in [-0.25, -0.2) is 0 Å². The van der Waals surface area contributed by atoms with Crippen LogP contribution in [0.1, 0.15) is 37.7 Å². The minimum Gasteiger partial charge on any atom is -0.303 e. The molecule has 4 nitrogen and oxygen atoms in total. The average Bonchev–Trinajstić information content (AvgIpc) is 2.72. The Kier molecular flexibility index (Phi) is 7.05. The summed E-state index contributed by atoms with van der Waals surface area (Å²) in [5, 5.41) is 0. The van der Waals surface area contributed by atoms with Gasteiger partial charge < -0.3 is 4.90 Å². The molecule has 0 amide bonds. The number of likely N-dealkylation sites (tertiary alicyclic amines) is 1. The molecule has 0 aliphatic carbocycles. The molecule has 0 radical (unpaired) electrons. The molecule has 0 spiro atoms. The second-order valence-corrected chi connectivity index (χ2v) is 8.89. The van der Waals surface area contributed by atoms with Crippen molar-refractivity contribution in [1.29, 1.82) is 0 Å². The molecule has 1 aliphatic heterocycles. The highest BCUT2D eigenvalue weighted by atomic mass is 32.2. The van der Waals surface area contributed by atoms with Crippen LogP contribution in [0.15, 0.2) is 65.6 Å². The minimum absolute atomic E-state index is 0.163. The topological polar surface area (TPSA) is 46.6 Å². The first-order chi connectivity index (χ1) is 13.1. The van der Waals surface area contributed by atoms with Crippen molar-refractivity contribution in [3.63, 3.8) is 0 Å². The van der Waals surface area contributed by atoms with Crippen LogP contribution in [-0.2, 0) is 14.3 Å². The maximum absolute atomic E-state index is 12.5. The Hall–Kier alpha value is -1.69. The summed E-state index contributed by atoms with van der Waals surface area (Å²) < 4.78 is 30.6. The largest absolute Gasteiger partial charge is 0.303 e. The zero-order chi connectivity index (χ0) is 19.1. The van der Waals surface area contributed by atoms with E-state index in [1.807, 2.05) is 6.07 Å². The van der Waals surface area contributed by atoms with E-state index in [9.17, 15) is 8.42 Å². The smallest absolute Gasteiger partial charge is 0.296 e. The van der Waals surface area contributed by atoms with Crippen LogP contribution < -0.4 is 0 Å². The zero-order valence-corrected chi connectivity index (χ0v) is 16.8. The van der Waals surface area contributed by atoms with Gasteiger partial charge in [0, 0.05) is 12.5 Å². The van der Waals surface area contributed by atoms with Gasteiger partial charge in [-0.1, -0.05) is 61.9 Å². The quantitative estimate of drug-likeness (QED) is 0.634. The van der Waals surface area contributed by atoms with Crippen LogP contribution in [0.4, 0.5) is 0 Å². The summed E-state index contributed by atoms with van der Waals surface area (Å²) >= 11 is 0. The third kappa shape index (κ3) is 5.41. The maximum atomic E-state index is 12.5. The fourth-order valence-electron chi connectivity index (χ4n) is 3.83. The van der Waals surface area contributed by atoms with Gasteiger partial charge in [0.1, 0.15) is 0 Å². The molecule has 27 heavy (non-hydrogen) atoms. The van der Waals surface area contributed by atoms with Crippen LogP contribution in [0.5, 0.6) is 0 Å². The van der Waals surface area contributed by atoms with E-state index in [2.05, 4.69) is 36.1 Å². The molecule has 3 rings (SSSR count). The Bertz CT molecular complexity index is 793. The standard InChI is InChI=1S/C22H29NO3S/c1-2-3-15-23-16-14-22(19-10-6-4-7-11-19)20(17-23)18-26-27(24,25)21-12-8-5-9-13-21/h4-13,20,22H,2-3,14-18H2,1H3/t20-,22-/m1/s1. The molecule has 2 atom stereocenters. The number of unbranched alkanes of at least 4 members (excludes halogenated alkanes) is 1. The lowest BCUT2D eigenvalue weighted by Gasteiger charge is -2.38. The van der Waals surface area contributed by atoms with E-state index in [0.29, 0.717) is 5.92 Å². The third-order valence-electron chi connectivity index (χ3n) is 5.34. The first-order valence-corrected chi connectivity index (χ1v) is 11.2. The molecule has 0 bridgehead atoms. The van der Waals surface area contributed by atoms with Crippen molar-refractivity contribution in [2.24, 2.45) is 5.92 Å². The van der Waals surface area contributed by atoms with Crippen molar-refractivity contribution >= 4 is 10.1 Å². The van der Waals surface area contributed by atoms with Crippen LogP contribution in [-0.4, -0.2) is 39.6 Å². The second-order valence-electron chi connectivity index (χ2n) is 7.27. The van der Waals surface area contributed by atoms with Crippen LogP contribution in [0.2, 0.25) is 0 Å². The molecule has 0 N–H and O–H groups in total. The molecule has 5 heteroatoms. The Morgan fingerprint density at radius 1 is 1.04 bits per heavy atom. The summed E-state index contributed by atoms with van der Waals surface area (Å²) in [4.78, 5) is 2.67. The van der Waals surface area contributed by atoms with Gasteiger partial charge in [0.05, 0.1) is 11.5 Å². The van der Waals surface area contributed by atoms with Crippen molar-refractivity contribution in [2.75, 3.05) is 26.2 Å². The first kappa shape index (κ1) is 20.1. The number of piperidine rings is 1. The summed E-state index contributed by atoms with van der Waals surface area (Å²) in [5.41, 5.74) is 1.28. The molecule has 1 heterocycles. The summed E-state index contributed by atoms with van der Waals surface area (Å²) in [5.74, 6) is 0.492. The highest BCUT2D eigenvalue weighted by Gasteiger charge is 2.31. The maximum Gasteiger partial charge on any atom is 0.296 e. The van der Waals surface area contributed by atoms with Gasteiger partial charge >= 0.3 is 0 Å². The Balaban J connectivity index is 1.72. The lowest BCUT2D eigenvalue weighted by atomic mass is 9.81. The molecule has 0 unspecified atom stereocenters. The summed E-state index contributed by atoms with van der Waals surface area (Å²) in [7, 11) is -3.72. The predicted molar refractivity (Wildman–Crippen MR) is 108 cm³/mol. The minimum atomic E-state index is -3.72. The molecular weight excluding hydrogens is 358 g/mol. The summed E-state index contributed by atoms with van der Waals surface area (Å²) in [6.07, 6.45) is 3.38. The zero-order valence-electron chi connectivity index (χ0n) is 16.0. The van der Waals surface area contributed by atoms with E-state index < -0.39 is 10.1 Å². The van der Waals surface area contributed by atoms with Gasteiger partial charge in [0.25, 0.3) is 10.1 Å². The van der Waals surface area contributed by atoms with E-state index in [-0.39, 0.29) is 17.4 Å². The van der Waals surface area contributed by atoms with Gasteiger partial charge in [0.2, 0.25) is 0 Å². The number of nitrogens with zero attached hydrogens (tertiary/aromatic N) is 1. The van der Waals surface area contributed by atoms with Crippen molar-refractivity contribution in [1.82, 2.24) is 4.90 Å². The van der Waals surface area contributed by atoms with Gasteiger partial charge in [-0.2, -0.15) is 8.42 Å². The number of rotatable bonds is 8. The van der Waals surface area contributed by atoms with Gasteiger partial charge in [-0.15, -0.1) is 0 Å². The van der Waals surface area contributed by atoms with Crippen molar-refractivity contribution in [3.05, 3.63) is 66.2 Å². The molecule has 2 aromatic carbocycles. The lowest BCUT2D eigenvalue weighted by Crippen LogP contribution is -2.42. The number of benzene rings is 2. The monoisotopic (exact) mass is 387 g/mol. The van der Waals surface area contributed by atoms with Crippen molar-refractivity contribution in [3.8, 4) is 0 Å². The van der Waals surface area contributed by atoms with E-state index >= 15 is 0 Å². The molecule has 0 aromatic heterocycles.